The summed E-state index contributed by atoms with van der Waals surface area (Å²) in [6.45, 7) is 7.66. The molecule has 0 saturated carbocycles. The highest BCUT2D eigenvalue weighted by molar-refractivity contribution is 8.00. The Morgan fingerprint density at radius 3 is 1.50 bits per heavy atom. The Hall–Kier alpha value is -2.27. The van der Waals surface area contributed by atoms with Crippen LogP contribution in [-0.4, -0.2) is 22.4 Å². The topological polar surface area (TPSA) is 52.6 Å². The van der Waals surface area contributed by atoms with E-state index in [0.717, 1.165) is 0 Å². The highest BCUT2D eigenvalue weighted by atomic mass is 32.2. The third-order valence-electron chi connectivity index (χ3n) is 3.60. The molecule has 0 aliphatic heterocycles. The van der Waals surface area contributed by atoms with Crippen molar-refractivity contribution < 1.29 is 19.1 Å². The molecule has 4 nitrogen and oxygen atoms in total. The number of hydrogen-bond donors (Lipinski definition) is 0. The number of benzene rings is 2. The van der Waals surface area contributed by atoms with Crippen LogP contribution in [0, 0.1) is 5.41 Å². The van der Waals surface area contributed by atoms with Gasteiger partial charge in [-0.05, 0) is 31.2 Å². The summed E-state index contributed by atoms with van der Waals surface area (Å²) in [4.78, 5) is 25.7. The van der Waals surface area contributed by atoms with Gasteiger partial charge in [0.05, 0.1) is 0 Å². The second kappa shape index (κ2) is 8.41. The molecule has 0 spiro atoms. The van der Waals surface area contributed by atoms with Gasteiger partial charge in [-0.1, -0.05) is 57.2 Å². The van der Waals surface area contributed by atoms with Gasteiger partial charge in [0.1, 0.15) is 11.5 Å². The molecule has 2 aromatic rings. The van der Waals surface area contributed by atoms with Crippen molar-refractivity contribution in [1.29, 1.82) is 0 Å². The zero-order valence-electron chi connectivity index (χ0n) is 15.5. The monoisotopic (exact) mass is 372 g/mol. The van der Waals surface area contributed by atoms with E-state index in [1.165, 1.54) is 11.8 Å². The maximum Gasteiger partial charge on any atom is 0.329 e. The van der Waals surface area contributed by atoms with Crippen molar-refractivity contribution >= 4 is 23.7 Å². The summed E-state index contributed by atoms with van der Waals surface area (Å²) >= 11 is 1.52. The lowest BCUT2D eigenvalue weighted by molar-refractivity contribution is -0.157. The molecule has 0 aromatic heterocycles. The van der Waals surface area contributed by atoms with Gasteiger partial charge in [-0.3, -0.25) is 9.59 Å². The zero-order chi connectivity index (χ0) is 19.2. The van der Waals surface area contributed by atoms with Crippen LogP contribution in [0.4, 0.5) is 0 Å². The predicted octanol–water partition coefficient (Wildman–Crippen LogP) is 4.74. The van der Waals surface area contributed by atoms with Crippen LogP contribution in [0.5, 0.6) is 11.5 Å². The molecule has 0 radical (unpaired) electrons. The van der Waals surface area contributed by atoms with E-state index in [4.69, 9.17) is 9.47 Å². The predicted molar refractivity (Wildman–Crippen MR) is 104 cm³/mol. The molecule has 0 saturated heterocycles. The molecule has 2 rings (SSSR count). The number of ether oxygens (including phenoxy) is 2. The van der Waals surface area contributed by atoms with Crippen LogP contribution in [0.15, 0.2) is 60.7 Å². The molecule has 0 amide bonds. The van der Waals surface area contributed by atoms with Crippen LogP contribution in [-0.2, 0) is 9.59 Å². The fourth-order valence-corrected chi connectivity index (χ4v) is 2.94. The summed E-state index contributed by atoms with van der Waals surface area (Å²) < 4.78 is 10.8. The largest absolute Gasteiger partial charge is 0.426 e. The second-order valence-corrected chi connectivity index (χ2v) is 8.94. The Balaban J connectivity index is 2.22. The van der Waals surface area contributed by atoms with Crippen LogP contribution in [0.25, 0.3) is 0 Å². The van der Waals surface area contributed by atoms with Crippen LogP contribution in [0.2, 0.25) is 0 Å². The average Bonchev–Trinajstić information content (AvgIpc) is 2.60. The number of hydrogen-bond acceptors (Lipinski definition) is 5. The summed E-state index contributed by atoms with van der Waals surface area (Å²) in [5, 5.41) is 0. The van der Waals surface area contributed by atoms with Crippen molar-refractivity contribution in [2.24, 2.45) is 5.41 Å². The molecule has 2 aromatic carbocycles. The lowest BCUT2D eigenvalue weighted by Gasteiger charge is -2.28. The maximum atomic E-state index is 12.8. The molecule has 5 heteroatoms. The maximum absolute atomic E-state index is 12.8. The molecule has 0 heterocycles. The van der Waals surface area contributed by atoms with Gasteiger partial charge >= 0.3 is 11.9 Å². The first-order chi connectivity index (χ1) is 12.2. The summed E-state index contributed by atoms with van der Waals surface area (Å²) in [6.07, 6.45) is 0. The molecule has 0 unspecified atom stereocenters. The molecule has 0 aliphatic rings. The number of thioether (sulfide) groups is 1. The molecule has 0 aliphatic carbocycles. The van der Waals surface area contributed by atoms with Gasteiger partial charge in [-0.15, -0.1) is 0 Å². The van der Waals surface area contributed by atoms with Crippen molar-refractivity contribution in [2.75, 3.05) is 5.75 Å². The van der Waals surface area contributed by atoms with Crippen LogP contribution < -0.4 is 9.47 Å². The minimum Gasteiger partial charge on any atom is -0.426 e. The van der Waals surface area contributed by atoms with Gasteiger partial charge in [0.25, 0.3) is 0 Å². The van der Waals surface area contributed by atoms with E-state index in [-0.39, 0.29) is 10.5 Å². The van der Waals surface area contributed by atoms with Gasteiger partial charge in [-0.2, -0.15) is 11.8 Å². The third kappa shape index (κ3) is 5.63. The molecule has 0 atom stereocenters. The molecule has 0 N–H and O–H groups in total. The highest BCUT2D eigenvalue weighted by Crippen LogP contribution is 2.34. The number of para-hydroxylation sites is 2. The van der Waals surface area contributed by atoms with E-state index >= 15 is 0 Å². The van der Waals surface area contributed by atoms with E-state index in [0.29, 0.717) is 11.5 Å². The first-order valence-corrected chi connectivity index (χ1v) is 9.38. The Bertz CT molecular complexity index is 682. The van der Waals surface area contributed by atoms with E-state index in [2.05, 4.69) is 0 Å². The van der Waals surface area contributed by atoms with E-state index < -0.39 is 17.4 Å². The van der Waals surface area contributed by atoms with E-state index in [1.54, 1.807) is 55.5 Å². The Kier molecular flexibility index (Phi) is 6.48. The number of carbonyl (C=O) groups is 2. The molecule has 0 fully saturated rings. The van der Waals surface area contributed by atoms with Gasteiger partial charge in [0.15, 0.2) is 5.41 Å². The fourth-order valence-electron chi connectivity index (χ4n) is 1.98. The van der Waals surface area contributed by atoms with Crippen LogP contribution in [0.1, 0.15) is 27.7 Å². The van der Waals surface area contributed by atoms with Crippen molar-refractivity contribution in [3.05, 3.63) is 60.7 Å². The summed E-state index contributed by atoms with van der Waals surface area (Å²) in [5.41, 5.74) is -1.43. The van der Waals surface area contributed by atoms with Crippen molar-refractivity contribution in [2.45, 2.75) is 32.4 Å². The summed E-state index contributed by atoms with van der Waals surface area (Å²) in [7, 11) is 0. The van der Waals surface area contributed by atoms with Crippen LogP contribution >= 0.6 is 11.8 Å². The second-order valence-electron chi connectivity index (χ2n) is 7.14. The zero-order valence-corrected chi connectivity index (χ0v) is 16.3. The summed E-state index contributed by atoms with van der Waals surface area (Å²) in [6, 6.07) is 17.5. The minimum atomic E-state index is -1.43. The SMILES string of the molecule is CC(C)(C)SCC(C)(C(=O)Oc1ccccc1)C(=O)Oc1ccccc1. The average molecular weight is 372 g/mol. The van der Waals surface area contributed by atoms with Gasteiger partial charge in [0, 0.05) is 10.5 Å². The first-order valence-electron chi connectivity index (χ1n) is 8.39. The van der Waals surface area contributed by atoms with Crippen molar-refractivity contribution in [1.82, 2.24) is 0 Å². The van der Waals surface area contributed by atoms with E-state index in [1.807, 2.05) is 32.9 Å². The lowest BCUT2D eigenvalue weighted by Crippen LogP contribution is -2.45. The highest BCUT2D eigenvalue weighted by Gasteiger charge is 2.46. The third-order valence-corrected chi connectivity index (χ3v) is 5.19. The molecular weight excluding hydrogens is 348 g/mol. The Morgan fingerprint density at radius 1 is 0.769 bits per heavy atom. The standard InChI is InChI=1S/C21H24O4S/c1-20(2,3)26-15-21(4,18(22)24-16-11-7-5-8-12-16)19(23)25-17-13-9-6-10-14-17/h5-14H,15H2,1-4H3. The molecule has 26 heavy (non-hydrogen) atoms. The summed E-state index contributed by atoms with van der Waals surface area (Å²) in [5.74, 6) is -0.190. The number of carbonyl (C=O) groups excluding carboxylic acids is 2. The van der Waals surface area contributed by atoms with Gasteiger partial charge in [-0.25, -0.2) is 0 Å². The molecular formula is C21H24O4S. The smallest absolute Gasteiger partial charge is 0.329 e. The first kappa shape index (κ1) is 20.0. The molecule has 138 valence electrons. The van der Waals surface area contributed by atoms with Crippen molar-refractivity contribution in [3.63, 3.8) is 0 Å². The number of esters is 2. The van der Waals surface area contributed by atoms with E-state index in [9.17, 15) is 9.59 Å². The van der Waals surface area contributed by atoms with Crippen LogP contribution in [0.3, 0.4) is 0 Å². The quantitative estimate of drug-likeness (QED) is 0.417. The van der Waals surface area contributed by atoms with Gasteiger partial charge in [0.2, 0.25) is 0 Å². The lowest BCUT2D eigenvalue weighted by atomic mass is 9.93. The Labute approximate surface area is 158 Å². The molecule has 0 bridgehead atoms. The minimum absolute atomic E-state index is 0.110. The fraction of sp³-hybridized carbons (Fsp3) is 0.333. The number of rotatable bonds is 6. The van der Waals surface area contributed by atoms with Gasteiger partial charge < -0.3 is 9.47 Å². The van der Waals surface area contributed by atoms with Crippen molar-refractivity contribution in [3.8, 4) is 11.5 Å². The normalized spacial score (nSPS) is 11.7. The Morgan fingerprint density at radius 2 is 1.15 bits per heavy atom.